The van der Waals surface area contributed by atoms with Gasteiger partial charge in [0.15, 0.2) is 17.5 Å². The molecule has 0 amide bonds. The Labute approximate surface area is 363 Å². The molecule has 0 fully saturated rings. The third-order valence-corrected chi connectivity index (χ3v) is 13.9. The highest BCUT2D eigenvalue weighted by atomic mass is 32.1. The highest BCUT2D eigenvalue weighted by molar-refractivity contribution is 7.26. The van der Waals surface area contributed by atoms with Crippen LogP contribution < -0.4 is 0 Å². The first-order valence-corrected chi connectivity index (χ1v) is 21.9. The summed E-state index contributed by atoms with van der Waals surface area (Å²) in [6.07, 6.45) is 0. The van der Waals surface area contributed by atoms with Gasteiger partial charge in [0.1, 0.15) is 22.3 Å². The lowest BCUT2D eigenvalue weighted by molar-refractivity contribution is 0.669. The molecule has 292 valence electrons. The van der Waals surface area contributed by atoms with Crippen LogP contribution in [0.5, 0.6) is 0 Å². The molecule has 0 aliphatic carbocycles. The van der Waals surface area contributed by atoms with Gasteiger partial charge in [-0.1, -0.05) is 140 Å². The van der Waals surface area contributed by atoms with Crippen molar-refractivity contribution in [3.63, 3.8) is 0 Å². The Hall–Kier alpha value is -8.19. The van der Waals surface area contributed by atoms with Crippen molar-refractivity contribution in [1.82, 2.24) is 15.0 Å². The van der Waals surface area contributed by atoms with Crippen molar-refractivity contribution in [3.8, 4) is 56.4 Å². The minimum absolute atomic E-state index is 0.588. The number of aromatic nitrogens is 3. The molecule has 0 aliphatic rings. The molecular formula is C57H31N3O2S. The van der Waals surface area contributed by atoms with Crippen LogP contribution in [0, 0.1) is 0 Å². The quantitative estimate of drug-likeness (QED) is 0.162. The van der Waals surface area contributed by atoms with Crippen molar-refractivity contribution in [3.05, 3.63) is 188 Å². The summed E-state index contributed by atoms with van der Waals surface area (Å²) in [5.74, 6) is 1.82. The molecule has 14 rings (SSSR count). The molecule has 14 aromatic rings. The van der Waals surface area contributed by atoms with Gasteiger partial charge in [0, 0.05) is 58.4 Å². The van der Waals surface area contributed by atoms with Crippen molar-refractivity contribution in [2.24, 2.45) is 0 Å². The van der Waals surface area contributed by atoms with Crippen LogP contribution in [0.25, 0.3) is 142 Å². The van der Waals surface area contributed by atoms with Gasteiger partial charge >= 0.3 is 0 Å². The summed E-state index contributed by atoms with van der Waals surface area (Å²) in [4.78, 5) is 15.6. The fourth-order valence-electron chi connectivity index (χ4n) is 9.81. The van der Waals surface area contributed by atoms with E-state index in [1.807, 2.05) is 18.2 Å². The second-order valence-corrected chi connectivity index (χ2v) is 17.3. The first-order chi connectivity index (χ1) is 31.2. The smallest absolute Gasteiger partial charge is 0.165 e. The molecule has 0 atom stereocenters. The summed E-state index contributed by atoms with van der Waals surface area (Å²) in [5.41, 5.74) is 10.8. The number of nitrogens with zero attached hydrogens (tertiary/aromatic N) is 3. The highest BCUT2D eigenvalue weighted by Gasteiger charge is 2.22. The van der Waals surface area contributed by atoms with E-state index < -0.39 is 0 Å². The number of furan rings is 2. The van der Waals surface area contributed by atoms with E-state index in [1.54, 1.807) is 11.3 Å². The zero-order chi connectivity index (χ0) is 41.2. The molecule has 0 saturated heterocycles. The predicted molar refractivity (Wildman–Crippen MR) is 261 cm³/mol. The molecule has 0 N–H and O–H groups in total. The summed E-state index contributed by atoms with van der Waals surface area (Å²) in [5, 5.41) is 11.7. The predicted octanol–water partition coefficient (Wildman–Crippen LogP) is 16.1. The monoisotopic (exact) mass is 821 g/mol. The Balaban J connectivity index is 0.946. The van der Waals surface area contributed by atoms with Gasteiger partial charge in [0.2, 0.25) is 0 Å². The first-order valence-electron chi connectivity index (χ1n) is 21.1. The molecule has 5 nitrogen and oxygen atoms in total. The zero-order valence-corrected chi connectivity index (χ0v) is 34.3. The molecule has 0 spiro atoms. The molecule has 10 aromatic carbocycles. The average molecular weight is 822 g/mol. The third-order valence-electron chi connectivity index (χ3n) is 12.7. The lowest BCUT2D eigenvalue weighted by Crippen LogP contribution is -2.00. The van der Waals surface area contributed by atoms with E-state index in [1.165, 1.54) is 47.8 Å². The van der Waals surface area contributed by atoms with Crippen LogP contribution in [0.15, 0.2) is 197 Å². The van der Waals surface area contributed by atoms with Gasteiger partial charge in [-0.3, -0.25) is 0 Å². The lowest BCUT2D eigenvalue weighted by Gasteiger charge is -2.14. The van der Waals surface area contributed by atoms with E-state index in [0.29, 0.717) is 17.5 Å². The van der Waals surface area contributed by atoms with Crippen molar-refractivity contribution >= 4 is 96.9 Å². The minimum atomic E-state index is 0.588. The Morgan fingerprint density at radius 2 is 0.905 bits per heavy atom. The number of rotatable bonds is 5. The minimum Gasteiger partial charge on any atom is -0.456 e. The fraction of sp³-hybridized carbons (Fsp3) is 0. The Kier molecular flexibility index (Phi) is 7.21. The van der Waals surface area contributed by atoms with Crippen molar-refractivity contribution < 1.29 is 8.83 Å². The molecule has 0 aliphatic heterocycles. The lowest BCUT2D eigenvalue weighted by atomic mass is 9.88. The topological polar surface area (TPSA) is 65.0 Å². The molecule has 63 heavy (non-hydrogen) atoms. The van der Waals surface area contributed by atoms with E-state index in [9.17, 15) is 0 Å². The van der Waals surface area contributed by atoms with E-state index in [-0.39, 0.29) is 0 Å². The van der Waals surface area contributed by atoms with Crippen molar-refractivity contribution in [2.75, 3.05) is 0 Å². The normalized spacial score (nSPS) is 12.1. The second kappa shape index (κ2) is 13.2. The van der Waals surface area contributed by atoms with E-state index in [4.69, 9.17) is 23.8 Å². The van der Waals surface area contributed by atoms with Crippen LogP contribution in [0.3, 0.4) is 0 Å². The summed E-state index contributed by atoms with van der Waals surface area (Å²) in [6.45, 7) is 0. The number of fused-ring (bicyclic) bond motifs is 9. The van der Waals surface area contributed by atoms with Crippen LogP contribution in [-0.4, -0.2) is 15.0 Å². The van der Waals surface area contributed by atoms with E-state index >= 15 is 0 Å². The number of thiophene rings is 1. The van der Waals surface area contributed by atoms with Crippen LogP contribution in [0.4, 0.5) is 0 Å². The van der Waals surface area contributed by atoms with Gasteiger partial charge in [0.05, 0.1) is 0 Å². The molecule has 0 saturated carbocycles. The maximum absolute atomic E-state index is 6.59. The zero-order valence-electron chi connectivity index (χ0n) is 33.5. The molecule has 0 radical (unpaired) electrons. The Bertz CT molecular complexity index is 4140. The van der Waals surface area contributed by atoms with Gasteiger partial charge in [-0.05, 0) is 92.3 Å². The number of hydrogen-bond donors (Lipinski definition) is 0. The SMILES string of the molecule is c1ccc(-c2cc3oc4cccc5c6c(-c7ccc(-c8nc(-c9ccc%10c(c9)oc9ccccc9%10)nc(-c9cccc%10c9sc9ccccc9%10)n8)cc7)cccc6c(c2)c3c45)cc1. The molecule has 0 bridgehead atoms. The first kappa shape index (κ1) is 34.5. The van der Waals surface area contributed by atoms with Gasteiger partial charge in [0.25, 0.3) is 0 Å². The Morgan fingerprint density at radius 3 is 1.79 bits per heavy atom. The third kappa shape index (κ3) is 5.19. The van der Waals surface area contributed by atoms with Crippen LogP contribution in [-0.2, 0) is 0 Å². The van der Waals surface area contributed by atoms with Crippen molar-refractivity contribution in [2.45, 2.75) is 0 Å². The summed E-state index contributed by atoms with van der Waals surface area (Å²) in [6, 6.07) is 66.2. The average Bonchev–Trinajstić information content (AvgIpc) is 4.05. The van der Waals surface area contributed by atoms with Crippen LogP contribution >= 0.6 is 11.3 Å². The maximum Gasteiger partial charge on any atom is 0.165 e. The van der Waals surface area contributed by atoms with Crippen LogP contribution in [0.2, 0.25) is 0 Å². The summed E-state index contributed by atoms with van der Waals surface area (Å²) >= 11 is 1.77. The molecular weight excluding hydrogens is 791 g/mol. The highest BCUT2D eigenvalue weighted by Crippen LogP contribution is 2.47. The molecule has 4 aromatic heterocycles. The fourth-order valence-corrected chi connectivity index (χ4v) is 11.0. The van der Waals surface area contributed by atoms with Gasteiger partial charge in [-0.2, -0.15) is 0 Å². The molecule has 4 heterocycles. The second-order valence-electron chi connectivity index (χ2n) is 16.2. The molecule has 0 unspecified atom stereocenters. The van der Waals surface area contributed by atoms with Crippen molar-refractivity contribution in [1.29, 1.82) is 0 Å². The standard InChI is InChI=1S/C57H31N3O2S/c1-2-11-32(12-3-1)36-29-45-41-16-8-15-37(51(41)43-18-10-21-47-52(43)53(45)49(31-36)62-47)33-23-25-34(26-24-33)55-58-56(35-27-28-39-38-13-4-6-20-46(38)61-48(39)30-35)60-57(59-55)44-19-9-17-42-40-14-5-7-22-50(40)63-54(42)44/h1-31H. The van der Waals surface area contributed by atoms with Gasteiger partial charge in [-0.15, -0.1) is 11.3 Å². The largest absolute Gasteiger partial charge is 0.456 e. The molecule has 6 heteroatoms. The maximum atomic E-state index is 6.59. The summed E-state index contributed by atoms with van der Waals surface area (Å²) in [7, 11) is 0. The number of hydrogen-bond acceptors (Lipinski definition) is 6. The number of benzene rings is 10. The number of para-hydroxylation sites is 1. The Morgan fingerprint density at radius 1 is 0.302 bits per heavy atom. The van der Waals surface area contributed by atoms with Gasteiger partial charge in [-0.25, -0.2) is 15.0 Å². The van der Waals surface area contributed by atoms with E-state index in [2.05, 4.69) is 170 Å². The van der Waals surface area contributed by atoms with Crippen LogP contribution in [0.1, 0.15) is 0 Å². The summed E-state index contributed by atoms with van der Waals surface area (Å²) < 4.78 is 15.3. The van der Waals surface area contributed by atoms with Gasteiger partial charge < -0.3 is 8.83 Å². The van der Waals surface area contributed by atoms with E-state index in [0.717, 1.165) is 76.7 Å².